The van der Waals surface area contributed by atoms with E-state index in [1.54, 1.807) is 0 Å². The fraction of sp³-hybridized carbons (Fsp3) is 0.200. The van der Waals surface area contributed by atoms with E-state index >= 15 is 0 Å². The van der Waals surface area contributed by atoms with Crippen molar-refractivity contribution in [3.05, 3.63) is 52.7 Å². The number of hydrogen-bond donors (Lipinski definition) is 0. The van der Waals surface area contributed by atoms with E-state index in [2.05, 4.69) is 18.8 Å². The summed E-state index contributed by atoms with van der Waals surface area (Å²) >= 11 is 5.65. The van der Waals surface area contributed by atoms with E-state index in [4.69, 9.17) is 11.6 Å². The number of aromatic nitrogens is 1. The summed E-state index contributed by atoms with van der Waals surface area (Å²) in [6.45, 7) is 4.25. The molecule has 0 atom stereocenters. The van der Waals surface area contributed by atoms with Crippen LogP contribution >= 0.6 is 11.6 Å². The van der Waals surface area contributed by atoms with Crippen LogP contribution in [-0.2, 0) is 0 Å². The molecule has 1 heterocycles. The second-order valence-electron chi connectivity index (χ2n) is 4.14. The Balaban J connectivity index is 0.000000677. The Morgan fingerprint density at radius 3 is 2.19 bits per heavy atom. The fourth-order valence-corrected chi connectivity index (χ4v) is 1.52. The zero-order chi connectivity index (χ0) is 16.0. The molecule has 0 saturated carbocycles. The van der Waals surface area contributed by atoms with Gasteiger partial charge in [0.2, 0.25) is 0 Å². The first-order valence-corrected chi connectivity index (χ1v) is 6.60. The molecule has 21 heavy (non-hydrogen) atoms. The zero-order valence-electron chi connectivity index (χ0n) is 11.5. The average molecular weight is 316 g/mol. The van der Waals surface area contributed by atoms with E-state index in [9.17, 15) is 18.0 Å². The lowest BCUT2D eigenvalue weighted by Gasteiger charge is -2.05. The van der Waals surface area contributed by atoms with Gasteiger partial charge in [0, 0.05) is 16.7 Å². The number of halogens is 4. The number of hydrogen-bond acceptors (Lipinski definition) is 2. The standard InChI is InChI=1S/C12H5ClF3NO.C3H8/c13-7-3-1-6(2-4-7)11-10(15)8(14)5-9(17-11)12(16)18;1-3-2/h1-5H;3H2,1-2H3. The highest BCUT2D eigenvalue weighted by Gasteiger charge is 2.17. The summed E-state index contributed by atoms with van der Waals surface area (Å²) in [5.41, 5.74) is -1.02. The smallest absolute Gasteiger partial charge is 0.254 e. The lowest BCUT2D eigenvalue weighted by molar-refractivity contribution is 0.0829. The largest absolute Gasteiger partial charge is 0.350 e. The van der Waals surface area contributed by atoms with Crippen molar-refractivity contribution < 1.29 is 18.0 Å². The quantitative estimate of drug-likeness (QED) is 0.712. The molecule has 6 heteroatoms. The Labute approximate surface area is 125 Å². The highest BCUT2D eigenvalue weighted by molar-refractivity contribution is 6.30. The van der Waals surface area contributed by atoms with Gasteiger partial charge in [-0.05, 0) is 12.1 Å². The number of benzene rings is 1. The molecule has 1 aromatic carbocycles. The first-order chi connectivity index (χ1) is 9.90. The van der Waals surface area contributed by atoms with Gasteiger partial charge in [0.15, 0.2) is 11.6 Å². The van der Waals surface area contributed by atoms with E-state index in [-0.39, 0.29) is 5.56 Å². The molecule has 0 fully saturated rings. The van der Waals surface area contributed by atoms with Crippen LogP contribution in [0.15, 0.2) is 30.3 Å². The summed E-state index contributed by atoms with van der Waals surface area (Å²) in [4.78, 5) is 14.0. The van der Waals surface area contributed by atoms with Crippen LogP contribution < -0.4 is 0 Å². The molecule has 0 aliphatic rings. The van der Waals surface area contributed by atoms with Crippen molar-refractivity contribution in [3.63, 3.8) is 0 Å². The molecule has 0 aliphatic carbocycles. The summed E-state index contributed by atoms with van der Waals surface area (Å²) < 4.78 is 39.2. The normalized spacial score (nSPS) is 9.81. The van der Waals surface area contributed by atoms with E-state index in [1.165, 1.54) is 30.7 Å². The number of nitrogens with zero attached hydrogens (tertiary/aromatic N) is 1. The van der Waals surface area contributed by atoms with Crippen LogP contribution in [0.1, 0.15) is 30.8 Å². The van der Waals surface area contributed by atoms with Crippen molar-refractivity contribution in [2.75, 3.05) is 0 Å². The number of carbonyl (C=O) groups excluding carboxylic acids is 1. The molecule has 1 aromatic heterocycles. The van der Waals surface area contributed by atoms with Crippen LogP contribution in [0, 0.1) is 11.6 Å². The molecule has 2 nitrogen and oxygen atoms in total. The van der Waals surface area contributed by atoms with Crippen LogP contribution in [0.4, 0.5) is 13.2 Å². The van der Waals surface area contributed by atoms with E-state index in [0.29, 0.717) is 11.1 Å². The molecule has 0 bridgehead atoms. The average Bonchev–Trinajstić information content (AvgIpc) is 2.43. The highest BCUT2D eigenvalue weighted by Crippen LogP contribution is 2.24. The Kier molecular flexibility index (Phi) is 6.37. The minimum atomic E-state index is -1.93. The Hall–Kier alpha value is -1.88. The first-order valence-electron chi connectivity index (χ1n) is 6.22. The van der Waals surface area contributed by atoms with Crippen LogP contribution in [0.25, 0.3) is 11.3 Å². The van der Waals surface area contributed by atoms with E-state index in [1.807, 2.05) is 0 Å². The van der Waals surface area contributed by atoms with Crippen molar-refractivity contribution in [3.8, 4) is 11.3 Å². The van der Waals surface area contributed by atoms with Crippen LogP contribution in [0.5, 0.6) is 0 Å². The summed E-state index contributed by atoms with van der Waals surface area (Å²) in [6.07, 6.45) is 1.25. The van der Waals surface area contributed by atoms with Crippen molar-refractivity contribution in [1.82, 2.24) is 4.98 Å². The maximum absolute atomic E-state index is 13.5. The van der Waals surface area contributed by atoms with Gasteiger partial charge in [-0.2, -0.15) is 4.39 Å². The van der Waals surface area contributed by atoms with Gasteiger partial charge in [-0.15, -0.1) is 0 Å². The third-order valence-electron chi connectivity index (χ3n) is 2.23. The third kappa shape index (κ3) is 4.56. The molecule has 0 spiro atoms. The van der Waals surface area contributed by atoms with Crippen LogP contribution in [-0.4, -0.2) is 11.0 Å². The maximum atomic E-state index is 13.5. The van der Waals surface area contributed by atoms with Gasteiger partial charge >= 0.3 is 6.04 Å². The van der Waals surface area contributed by atoms with Crippen molar-refractivity contribution in [2.24, 2.45) is 0 Å². The molecule has 0 unspecified atom stereocenters. The predicted octanol–water partition coefficient (Wildman–Crippen LogP) is 5.21. The third-order valence-corrected chi connectivity index (χ3v) is 2.48. The van der Waals surface area contributed by atoms with Crippen molar-refractivity contribution in [2.45, 2.75) is 20.3 Å². The molecule has 112 valence electrons. The lowest BCUT2D eigenvalue weighted by Crippen LogP contribution is -2.02. The number of carbonyl (C=O) groups is 1. The summed E-state index contributed by atoms with van der Waals surface area (Å²) in [6, 6.07) is 4.15. The number of rotatable bonds is 2. The topological polar surface area (TPSA) is 30.0 Å². The lowest BCUT2D eigenvalue weighted by atomic mass is 10.1. The SMILES string of the molecule is CCC.O=C(F)c1cc(F)c(F)c(-c2ccc(Cl)cc2)n1. The fourth-order valence-electron chi connectivity index (χ4n) is 1.40. The van der Waals surface area contributed by atoms with Crippen LogP contribution in [0.2, 0.25) is 5.02 Å². The summed E-state index contributed by atoms with van der Waals surface area (Å²) in [5, 5.41) is 0.400. The van der Waals surface area contributed by atoms with Gasteiger partial charge in [-0.3, -0.25) is 4.79 Å². The minimum Gasteiger partial charge on any atom is -0.254 e. The molecular formula is C15H13ClF3NO. The second-order valence-corrected chi connectivity index (χ2v) is 4.58. The Bertz CT molecular complexity index is 630. The maximum Gasteiger partial charge on any atom is 0.350 e. The van der Waals surface area contributed by atoms with E-state index in [0.717, 1.165) is 0 Å². The van der Waals surface area contributed by atoms with Gasteiger partial charge < -0.3 is 0 Å². The molecule has 0 radical (unpaired) electrons. The highest BCUT2D eigenvalue weighted by atomic mass is 35.5. The molecule has 0 N–H and O–H groups in total. The monoisotopic (exact) mass is 315 g/mol. The second kappa shape index (κ2) is 7.78. The van der Waals surface area contributed by atoms with Gasteiger partial charge in [0.1, 0.15) is 11.4 Å². The minimum absolute atomic E-state index is 0.193. The van der Waals surface area contributed by atoms with Gasteiger partial charge in [-0.25, -0.2) is 13.8 Å². The number of pyridine rings is 1. The molecule has 0 amide bonds. The molecule has 0 aliphatic heterocycles. The first kappa shape index (κ1) is 17.2. The molecule has 2 aromatic rings. The predicted molar refractivity (Wildman–Crippen MR) is 76.0 cm³/mol. The van der Waals surface area contributed by atoms with Crippen molar-refractivity contribution in [1.29, 1.82) is 0 Å². The molecular weight excluding hydrogens is 303 g/mol. The van der Waals surface area contributed by atoms with Crippen molar-refractivity contribution >= 4 is 17.6 Å². The summed E-state index contributed by atoms with van der Waals surface area (Å²) in [7, 11) is 0. The van der Waals surface area contributed by atoms with Gasteiger partial charge in [-0.1, -0.05) is 44.0 Å². The Morgan fingerprint density at radius 2 is 1.71 bits per heavy atom. The summed E-state index contributed by atoms with van der Waals surface area (Å²) in [5.74, 6) is -2.58. The zero-order valence-corrected chi connectivity index (χ0v) is 12.2. The Morgan fingerprint density at radius 1 is 1.19 bits per heavy atom. The molecule has 0 saturated heterocycles. The van der Waals surface area contributed by atoms with Crippen LogP contribution in [0.3, 0.4) is 0 Å². The van der Waals surface area contributed by atoms with Gasteiger partial charge in [0.25, 0.3) is 0 Å². The van der Waals surface area contributed by atoms with E-state index < -0.39 is 29.1 Å². The molecule has 2 rings (SSSR count). The van der Waals surface area contributed by atoms with Gasteiger partial charge in [0.05, 0.1) is 0 Å².